The largest absolute Gasteiger partial charge is 0.330 e. The number of rotatable bonds is 11. The van der Waals surface area contributed by atoms with E-state index >= 15 is 0 Å². The Kier molecular flexibility index (Phi) is 12.1. The summed E-state index contributed by atoms with van der Waals surface area (Å²) in [5.74, 6) is 0.716. The van der Waals surface area contributed by atoms with E-state index in [-0.39, 0.29) is 0 Å². The van der Waals surface area contributed by atoms with Crippen LogP contribution in [-0.2, 0) is 0 Å². The molecule has 0 aliphatic rings. The predicted octanol–water partition coefficient (Wildman–Crippen LogP) is 4.44. The molecular weight excluding hydrogens is 194 g/mol. The van der Waals surface area contributed by atoms with E-state index in [9.17, 15) is 0 Å². The average molecular weight is 223 g/mol. The topological polar surface area (TPSA) is 26.0 Å². The normalized spacial score (nSPS) is 13.1. The van der Waals surface area contributed by atoms with Gasteiger partial charge >= 0.3 is 0 Å². The Balaban J connectivity index is 3.30. The molecule has 0 aromatic heterocycles. The Morgan fingerprint density at radius 3 is 2.44 bits per heavy atom. The smallest absolute Gasteiger partial charge is 0.00488 e. The van der Waals surface area contributed by atoms with E-state index in [4.69, 9.17) is 5.73 Å². The molecule has 0 rings (SSSR count). The fourth-order valence-electron chi connectivity index (χ4n) is 1.95. The summed E-state index contributed by atoms with van der Waals surface area (Å²) in [6.07, 6.45) is 16.7. The summed E-state index contributed by atoms with van der Waals surface area (Å²) < 4.78 is 0. The molecule has 0 aromatic rings. The van der Waals surface area contributed by atoms with Crippen molar-refractivity contribution in [2.75, 3.05) is 6.54 Å². The molecule has 0 aliphatic carbocycles. The van der Waals surface area contributed by atoms with Crippen molar-refractivity contribution in [2.45, 2.75) is 58.3 Å². The van der Waals surface area contributed by atoms with Crippen molar-refractivity contribution in [3.8, 4) is 0 Å². The molecule has 0 fully saturated rings. The SMILES string of the molecule is C=CCCC(CN)CCCCCC/C=C\C. The highest BCUT2D eigenvalue weighted by Crippen LogP contribution is 2.15. The molecule has 0 amide bonds. The van der Waals surface area contributed by atoms with Crippen LogP contribution in [0.5, 0.6) is 0 Å². The summed E-state index contributed by atoms with van der Waals surface area (Å²) >= 11 is 0. The molecule has 0 aromatic carbocycles. The molecule has 0 aliphatic heterocycles. The summed E-state index contributed by atoms with van der Waals surface area (Å²) in [7, 11) is 0. The Morgan fingerprint density at radius 2 is 1.81 bits per heavy atom. The molecular formula is C15H29N. The maximum absolute atomic E-state index is 5.75. The Bertz CT molecular complexity index is 172. The van der Waals surface area contributed by atoms with Crippen LogP contribution in [0.15, 0.2) is 24.8 Å². The van der Waals surface area contributed by atoms with Crippen molar-refractivity contribution in [3.05, 3.63) is 24.8 Å². The van der Waals surface area contributed by atoms with Gasteiger partial charge in [-0.3, -0.25) is 0 Å². The van der Waals surface area contributed by atoms with Crippen LogP contribution in [-0.4, -0.2) is 6.54 Å². The third-order valence-electron chi connectivity index (χ3n) is 3.08. The highest BCUT2D eigenvalue weighted by Gasteiger charge is 2.04. The van der Waals surface area contributed by atoms with Crippen molar-refractivity contribution in [3.63, 3.8) is 0 Å². The van der Waals surface area contributed by atoms with Crippen molar-refractivity contribution in [2.24, 2.45) is 11.7 Å². The van der Waals surface area contributed by atoms with Gasteiger partial charge in [0.15, 0.2) is 0 Å². The predicted molar refractivity (Wildman–Crippen MR) is 74.5 cm³/mol. The second-order valence-electron chi connectivity index (χ2n) is 4.53. The lowest BCUT2D eigenvalue weighted by molar-refractivity contribution is 0.436. The van der Waals surface area contributed by atoms with Crippen LogP contribution in [0.1, 0.15) is 58.3 Å². The maximum Gasteiger partial charge on any atom is -0.00488 e. The Labute approximate surface area is 102 Å². The monoisotopic (exact) mass is 223 g/mol. The van der Waals surface area contributed by atoms with E-state index < -0.39 is 0 Å². The van der Waals surface area contributed by atoms with Gasteiger partial charge in [0.25, 0.3) is 0 Å². The van der Waals surface area contributed by atoms with Gasteiger partial charge in [0, 0.05) is 0 Å². The van der Waals surface area contributed by atoms with E-state index in [0.29, 0.717) is 5.92 Å². The molecule has 0 saturated carbocycles. The van der Waals surface area contributed by atoms with Crippen LogP contribution in [0.3, 0.4) is 0 Å². The number of nitrogens with two attached hydrogens (primary N) is 1. The van der Waals surface area contributed by atoms with Crippen LogP contribution in [0, 0.1) is 5.92 Å². The molecule has 0 heterocycles. The van der Waals surface area contributed by atoms with Crippen molar-refractivity contribution in [1.82, 2.24) is 0 Å². The Hall–Kier alpha value is -0.560. The van der Waals surface area contributed by atoms with E-state index in [1.807, 2.05) is 6.08 Å². The van der Waals surface area contributed by atoms with Gasteiger partial charge in [-0.1, -0.05) is 37.5 Å². The van der Waals surface area contributed by atoms with Crippen molar-refractivity contribution >= 4 is 0 Å². The molecule has 0 spiro atoms. The van der Waals surface area contributed by atoms with Gasteiger partial charge in [-0.05, 0) is 51.5 Å². The average Bonchev–Trinajstić information content (AvgIpc) is 2.32. The first-order chi connectivity index (χ1) is 7.85. The second kappa shape index (κ2) is 12.5. The lowest BCUT2D eigenvalue weighted by Gasteiger charge is -2.12. The van der Waals surface area contributed by atoms with Crippen molar-refractivity contribution < 1.29 is 0 Å². The molecule has 1 unspecified atom stereocenters. The van der Waals surface area contributed by atoms with E-state index in [0.717, 1.165) is 13.0 Å². The molecule has 0 bridgehead atoms. The minimum atomic E-state index is 0.716. The van der Waals surface area contributed by atoms with E-state index in [2.05, 4.69) is 25.7 Å². The second-order valence-corrected chi connectivity index (χ2v) is 4.53. The first kappa shape index (κ1) is 15.4. The van der Waals surface area contributed by atoms with Crippen LogP contribution in [0.2, 0.25) is 0 Å². The van der Waals surface area contributed by atoms with Crippen LogP contribution in [0.25, 0.3) is 0 Å². The summed E-state index contributed by atoms with van der Waals surface area (Å²) in [6, 6.07) is 0. The Morgan fingerprint density at radius 1 is 1.06 bits per heavy atom. The van der Waals surface area contributed by atoms with Gasteiger partial charge in [0.1, 0.15) is 0 Å². The zero-order chi connectivity index (χ0) is 12.1. The van der Waals surface area contributed by atoms with Gasteiger partial charge in [0.05, 0.1) is 0 Å². The van der Waals surface area contributed by atoms with Crippen LogP contribution in [0.4, 0.5) is 0 Å². The number of hydrogen-bond acceptors (Lipinski definition) is 1. The molecule has 1 nitrogen and oxygen atoms in total. The van der Waals surface area contributed by atoms with E-state index in [1.165, 1.54) is 44.9 Å². The lowest BCUT2D eigenvalue weighted by atomic mass is 9.96. The quantitative estimate of drug-likeness (QED) is 0.406. The number of hydrogen-bond donors (Lipinski definition) is 1. The molecule has 0 saturated heterocycles. The highest BCUT2D eigenvalue weighted by atomic mass is 14.5. The zero-order valence-electron chi connectivity index (χ0n) is 11.0. The molecule has 1 atom stereocenters. The van der Waals surface area contributed by atoms with E-state index in [1.54, 1.807) is 0 Å². The maximum atomic E-state index is 5.75. The molecule has 94 valence electrons. The van der Waals surface area contributed by atoms with Crippen molar-refractivity contribution in [1.29, 1.82) is 0 Å². The summed E-state index contributed by atoms with van der Waals surface area (Å²) in [5, 5.41) is 0. The minimum absolute atomic E-state index is 0.716. The molecule has 2 N–H and O–H groups in total. The van der Waals surface area contributed by atoms with Crippen LogP contribution < -0.4 is 5.73 Å². The third kappa shape index (κ3) is 9.97. The molecule has 16 heavy (non-hydrogen) atoms. The lowest BCUT2D eigenvalue weighted by Crippen LogP contribution is -2.14. The van der Waals surface area contributed by atoms with Gasteiger partial charge in [-0.25, -0.2) is 0 Å². The van der Waals surface area contributed by atoms with Gasteiger partial charge in [-0.15, -0.1) is 6.58 Å². The molecule has 1 heteroatoms. The summed E-state index contributed by atoms with van der Waals surface area (Å²) in [6.45, 7) is 6.69. The van der Waals surface area contributed by atoms with Gasteiger partial charge < -0.3 is 5.73 Å². The molecule has 0 radical (unpaired) electrons. The fourth-order valence-corrected chi connectivity index (χ4v) is 1.95. The zero-order valence-corrected chi connectivity index (χ0v) is 11.0. The number of unbranched alkanes of at least 4 members (excludes halogenated alkanes) is 4. The minimum Gasteiger partial charge on any atom is -0.330 e. The van der Waals surface area contributed by atoms with Crippen LogP contribution >= 0.6 is 0 Å². The summed E-state index contributed by atoms with van der Waals surface area (Å²) in [4.78, 5) is 0. The number of allylic oxidation sites excluding steroid dienone is 3. The fraction of sp³-hybridized carbons (Fsp3) is 0.733. The van der Waals surface area contributed by atoms with Gasteiger partial charge in [-0.2, -0.15) is 0 Å². The standard InChI is InChI=1S/C15H29N/c1-3-5-7-8-9-10-11-13-15(14-16)12-6-4-2/h3-5,15H,2,6-14,16H2,1H3/b5-3-. The first-order valence-electron chi connectivity index (χ1n) is 6.77. The van der Waals surface area contributed by atoms with Gasteiger partial charge in [0.2, 0.25) is 0 Å². The first-order valence-corrected chi connectivity index (χ1v) is 6.77. The summed E-state index contributed by atoms with van der Waals surface area (Å²) in [5.41, 5.74) is 5.75. The third-order valence-corrected chi connectivity index (χ3v) is 3.08. The highest BCUT2D eigenvalue weighted by molar-refractivity contribution is 4.76.